The van der Waals surface area contributed by atoms with Gasteiger partial charge in [-0.2, -0.15) is 0 Å². The summed E-state index contributed by atoms with van der Waals surface area (Å²) in [5, 5.41) is 0. The molecule has 0 unspecified atom stereocenters. The number of fused-ring (bicyclic) bond motifs is 1. The summed E-state index contributed by atoms with van der Waals surface area (Å²) in [5.74, 6) is 2.51. The summed E-state index contributed by atoms with van der Waals surface area (Å²) in [6, 6.07) is 8.58. The minimum atomic E-state index is 0.209. The lowest BCUT2D eigenvalue weighted by Gasteiger charge is -2.34. The van der Waals surface area contributed by atoms with Gasteiger partial charge in [-0.25, -0.2) is 4.98 Å². The number of hydrogen-bond donors (Lipinski definition) is 0. The molecule has 1 amide bonds. The van der Waals surface area contributed by atoms with E-state index >= 15 is 0 Å². The molecule has 29 heavy (non-hydrogen) atoms. The largest absolute Gasteiger partial charge is 0.342 e. The standard InChI is InChI=1S/C24H34N4O/c29-23(26-14-6-7-15-26)20-12-16-27(17-13-20)24-25-21-10-4-5-11-22(21)28(24)18-19-8-2-1-3-9-19/h4-5,10-11,19-20H,1-3,6-9,12-18H2. The molecular weight excluding hydrogens is 360 g/mol. The van der Waals surface area contributed by atoms with Crippen molar-refractivity contribution < 1.29 is 4.79 Å². The van der Waals surface area contributed by atoms with E-state index in [4.69, 9.17) is 4.98 Å². The quantitative estimate of drug-likeness (QED) is 0.769. The van der Waals surface area contributed by atoms with E-state index in [1.165, 1.54) is 50.5 Å². The number of benzene rings is 1. The molecule has 5 rings (SSSR count). The van der Waals surface area contributed by atoms with Crippen LogP contribution in [0.4, 0.5) is 5.95 Å². The Kier molecular flexibility index (Phi) is 5.47. The minimum absolute atomic E-state index is 0.209. The highest BCUT2D eigenvalue weighted by Crippen LogP contribution is 2.32. The molecular formula is C24H34N4O. The van der Waals surface area contributed by atoms with Crippen LogP contribution in [0.3, 0.4) is 0 Å². The normalized spacial score (nSPS) is 21.9. The lowest BCUT2D eigenvalue weighted by Crippen LogP contribution is -2.42. The van der Waals surface area contributed by atoms with Gasteiger partial charge in [-0.05, 0) is 56.6 Å². The van der Waals surface area contributed by atoms with Crippen LogP contribution in [0.2, 0.25) is 0 Å². The Morgan fingerprint density at radius 3 is 2.38 bits per heavy atom. The molecule has 0 bridgehead atoms. The fourth-order valence-corrected chi connectivity index (χ4v) is 5.63. The lowest BCUT2D eigenvalue weighted by molar-refractivity contribution is -0.135. The zero-order valence-corrected chi connectivity index (χ0v) is 17.6. The predicted octanol–water partition coefficient (Wildman–Crippen LogP) is 4.46. The molecule has 156 valence electrons. The number of anilines is 1. The van der Waals surface area contributed by atoms with Crippen LogP contribution in [-0.4, -0.2) is 46.5 Å². The van der Waals surface area contributed by atoms with Crippen molar-refractivity contribution in [2.75, 3.05) is 31.1 Å². The van der Waals surface area contributed by atoms with Crippen molar-refractivity contribution in [3.05, 3.63) is 24.3 Å². The van der Waals surface area contributed by atoms with Crippen molar-refractivity contribution in [1.82, 2.24) is 14.5 Å². The Morgan fingerprint density at radius 1 is 0.897 bits per heavy atom. The predicted molar refractivity (Wildman–Crippen MR) is 117 cm³/mol. The van der Waals surface area contributed by atoms with Crippen LogP contribution in [0.5, 0.6) is 0 Å². The van der Waals surface area contributed by atoms with E-state index in [1.54, 1.807) is 0 Å². The van der Waals surface area contributed by atoms with Crippen LogP contribution in [-0.2, 0) is 11.3 Å². The first kappa shape index (κ1) is 19.0. The third-order valence-corrected chi connectivity index (χ3v) is 7.34. The maximum absolute atomic E-state index is 12.8. The highest BCUT2D eigenvalue weighted by atomic mass is 16.2. The van der Waals surface area contributed by atoms with Gasteiger partial charge in [-0.3, -0.25) is 4.79 Å². The number of nitrogens with zero attached hydrogens (tertiary/aromatic N) is 4. The number of hydrogen-bond acceptors (Lipinski definition) is 3. The Bertz CT molecular complexity index is 840. The van der Waals surface area contributed by atoms with E-state index in [1.807, 2.05) is 0 Å². The molecule has 2 aromatic rings. The molecule has 3 heterocycles. The summed E-state index contributed by atoms with van der Waals surface area (Å²) in [4.78, 5) is 22.4. The van der Waals surface area contributed by atoms with Crippen molar-refractivity contribution in [2.24, 2.45) is 11.8 Å². The summed E-state index contributed by atoms with van der Waals surface area (Å²) in [5.41, 5.74) is 2.37. The number of imidazole rings is 1. The van der Waals surface area contributed by atoms with Gasteiger partial charge in [-0.15, -0.1) is 0 Å². The number of amides is 1. The van der Waals surface area contributed by atoms with Gasteiger partial charge in [0.25, 0.3) is 0 Å². The zero-order valence-electron chi connectivity index (χ0n) is 17.6. The summed E-state index contributed by atoms with van der Waals surface area (Å²) in [6.07, 6.45) is 11.1. The molecule has 0 atom stereocenters. The van der Waals surface area contributed by atoms with Crippen LogP contribution in [0.25, 0.3) is 11.0 Å². The van der Waals surface area contributed by atoms with E-state index < -0.39 is 0 Å². The second kappa shape index (κ2) is 8.37. The summed E-state index contributed by atoms with van der Waals surface area (Å²) < 4.78 is 2.48. The number of rotatable bonds is 4. The van der Waals surface area contributed by atoms with Gasteiger partial charge in [0.15, 0.2) is 0 Å². The van der Waals surface area contributed by atoms with Gasteiger partial charge in [0.2, 0.25) is 11.9 Å². The third-order valence-electron chi connectivity index (χ3n) is 7.34. The minimum Gasteiger partial charge on any atom is -0.342 e. The second-order valence-electron chi connectivity index (χ2n) is 9.31. The smallest absolute Gasteiger partial charge is 0.225 e. The van der Waals surface area contributed by atoms with E-state index in [0.29, 0.717) is 5.91 Å². The molecule has 2 saturated heterocycles. The van der Waals surface area contributed by atoms with Crippen LogP contribution >= 0.6 is 0 Å². The van der Waals surface area contributed by atoms with E-state index in [2.05, 4.69) is 38.6 Å². The van der Waals surface area contributed by atoms with Crippen LogP contribution in [0.15, 0.2) is 24.3 Å². The summed E-state index contributed by atoms with van der Waals surface area (Å²) in [6.45, 7) is 4.91. The number of aromatic nitrogens is 2. The molecule has 1 aliphatic carbocycles. The average molecular weight is 395 g/mol. The van der Waals surface area contributed by atoms with Gasteiger partial charge < -0.3 is 14.4 Å². The van der Waals surface area contributed by atoms with Crippen LogP contribution < -0.4 is 4.90 Å². The number of likely N-dealkylation sites (tertiary alicyclic amines) is 1. The van der Waals surface area contributed by atoms with E-state index in [0.717, 1.165) is 62.9 Å². The molecule has 1 saturated carbocycles. The first-order valence-corrected chi connectivity index (χ1v) is 11.8. The van der Waals surface area contributed by atoms with Crippen molar-refractivity contribution in [3.63, 3.8) is 0 Å². The maximum atomic E-state index is 12.8. The molecule has 5 nitrogen and oxygen atoms in total. The van der Waals surface area contributed by atoms with Crippen LogP contribution in [0, 0.1) is 11.8 Å². The Balaban J connectivity index is 1.33. The highest BCUT2D eigenvalue weighted by molar-refractivity contribution is 5.80. The maximum Gasteiger partial charge on any atom is 0.225 e. The molecule has 2 aliphatic heterocycles. The molecule has 5 heteroatoms. The first-order chi connectivity index (χ1) is 14.3. The monoisotopic (exact) mass is 394 g/mol. The van der Waals surface area contributed by atoms with Crippen molar-refractivity contribution in [1.29, 1.82) is 0 Å². The number of carbonyl (C=O) groups excluding carboxylic acids is 1. The highest BCUT2D eigenvalue weighted by Gasteiger charge is 2.31. The fourth-order valence-electron chi connectivity index (χ4n) is 5.63. The Morgan fingerprint density at radius 2 is 1.62 bits per heavy atom. The number of piperidine rings is 1. The Labute approximate surface area is 174 Å². The van der Waals surface area contributed by atoms with Gasteiger partial charge in [0, 0.05) is 38.6 Å². The first-order valence-electron chi connectivity index (χ1n) is 11.8. The molecule has 3 aliphatic rings. The zero-order chi connectivity index (χ0) is 19.6. The lowest BCUT2D eigenvalue weighted by atomic mass is 9.89. The molecule has 3 fully saturated rings. The summed E-state index contributed by atoms with van der Waals surface area (Å²) in [7, 11) is 0. The van der Waals surface area contributed by atoms with Gasteiger partial charge in [0.05, 0.1) is 11.0 Å². The van der Waals surface area contributed by atoms with Gasteiger partial charge in [-0.1, -0.05) is 31.4 Å². The Hall–Kier alpha value is -2.04. The molecule has 1 aromatic carbocycles. The SMILES string of the molecule is O=C(C1CCN(c2nc3ccccc3n2CC2CCCCC2)CC1)N1CCCC1. The topological polar surface area (TPSA) is 41.4 Å². The summed E-state index contributed by atoms with van der Waals surface area (Å²) >= 11 is 0. The van der Waals surface area contributed by atoms with Gasteiger partial charge in [0.1, 0.15) is 0 Å². The van der Waals surface area contributed by atoms with Crippen molar-refractivity contribution in [2.45, 2.75) is 64.3 Å². The number of carbonyl (C=O) groups is 1. The van der Waals surface area contributed by atoms with Crippen molar-refractivity contribution in [3.8, 4) is 0 Å². The van der Waals surface area contributed by atoms with Crippen molar-refractivity contribution >= 4 is 22.9 Å². The second-order valence-corrected chi connectivity index (χ2v) is 9.31. The molecule has 1 aromatic heterocycles. The third kappa shape index (κ3) is 3.88. The van der Waals surface area contributed by atoms with E-state index in [9.17, 15) is 4.79 Å². The molecule has 0 N–H and O–H groups in total. The molecule has 0 spiro atoms. The average Bonchev–Trinajstić information content (AvgIpc) is 3.43. The molecule has 0 radical (unpaired) electrons. The van der Waals surface area contributed by atoms with Gasteiger partial charge >= 0.3 is 0 Å². The van der Waals surface area contributed by atoms with Crippen LogP contribution in [0.1, 0.15) is 57.8 Å². The van der Waals surface area contributed by atoms with E-state index in [-0.39, 0.29) is 5.92 Å². The number of para-hydroxylation sites is 2. The fraction of sp³-hybridized carbons (Fsp3) is 0.667.